The van der Waals surface area contributed by atoms with Crippen LogP contribution in [0, 0.1) is 11.8 Å². The fourth-order valence-electron chi connectivity index (χ4n) is 2.23. The van der Waals surface area contributed by atoms with Crippen LogP contribution in [0.25, 0.3) is 0 Å². The average molecular weight is 293 g/mol. The third kappa shape index (κ3) is 4.17. The highest BCUT2D eigenvalue weighted by molar-refractivity contribution is 7.86. The summed E-state index contributed by atoms with van der Waals surface area (Å²) in [5, 5.41) is 10.5. The molecule has 1 saturated carbocycles. The molecular weight excluding hydrogens is 274 g/mol. The molecule has 1 amide bonds. The lowest BCUT2D eigenvalue weighted by atomic mass is 10.0. The second-order valence-corrected chi connectivity index (χ2v) is 6.91. The second kappa shape index (κ2) is 5.87. The summed E-state index contributed by atoms with van der Waals surface area (Å²) in [6, 6.07) is -0.989. The summed E-state index contributed by atoms with van der Waals surface area (Å²) in [6.45, 7) is 3.35. The van der Waals surface area contributed by atoms with Gasteiger partial charge in [-0.25, -0.2) is 4.79 Å². The van der Waals surface area contributed by atoms with Crippen molar-refractivity contribution in [1.29, 1.82) is 0 Å². The lowest BCUT2D eigenvalue weighted by Gasteiger charge is -2.20. The Hall–Kier alpha value is -1.15. The molecule has 0 aromatic carbocycles. The van der Waals surface area contributed by atoms with Crippen LogP contribution in [0.2, 0.25) is 0 Å². The fourth-order valence-corrected chi connectivity index (χ4v) is 3.14. The highest BCUT2D eigenvalue weighted by Crippen LogP contribution is 2.30. The zero-order valence-corrected chi connectivity index (χ0v) is 11.7. The summed E-state index contributed by atoms with van der Waals surface area (Å²) in [7, 11) is -4.13. The lowest BCUT2D eigenvalue weighted by Crippen LogP contribution is -2.46. The molecule has 19 heavy (non-hydrogen) atoms. The van der Waals surface area contributed by atoms with E-state index >= 15 is 0 Å². The van der Waals surface area contributed by atoms with Crippen LogP contribution in [0.5, 0.6) is 0 Å². The monoisotopic (exact) mass is 293 g/mol. The Morgan fingerprint density at radius 3 is 2.21 bits per heavy atom. The number of hydrogen-bond acceptors (Lipinski definition) is 4. The minimum Gasteiger partial charge on any atom is -0.480 e. The number of carbonyl (C=O) groups excluding carboxylic acids is 1. The minimum absolute atomic E-state index is 0.0368. The molecule has 0 radical (unpaired) electrons. The topological polar surface area (TPSA) is 121 Å². The van der Waals surface area contributed by atoms with E-state index in [4.69, 9.17) is 9.66 Å². The average Bonchev–Trinajstić information content (AvgIpc) is 2.73. The first kappa shape index (κ1) is 15.9. The van der Waals surface area contributed by atoms with Crippen LogP contribution in [0.4, 0.5) is 0 Å². The molecule has 110 valence electrons. The smallest absolute Gasteiger partial charge is 0.326 e. The SMILES string of the molecule is CC(C)[C@H](NC(=O)[C@H]1CC[C@H](S(=O)(=O)O)C1)C(=O)O. The third-order valence-corrected chi connectivity index (χ3v) is 4.68. The Labute approximate surface area is 112 Å². The molecule has 1 aliphatic rings. The molecule has 3 N–H and O–H groups in total. The van der Waals surface area contributed by atoms with Gasteiger partial charge in [0.15, 0.2) is 0 Å². The first-order valence-electron chi connectivity index (χ1n) is 6.12. The molecule has 3 atom stereocenters. The van der Waals surface area contributed by atoms with E-state index in [1.165, 1.54) is 0 Å². The van der Waals surface area contributed by atoms with E-state index in [0.717, 1.165) is 0 Å². The number of hydrogen-bond donors (Lipinski definition) is 3. The molecule has 0 spiro atoms. The molecule has 0 heterocycles. The van der Waals surface area contributed by atoms with E-state index in [-0.39, 0.29) is 18.8 Å². The standard InChI is InChI=1S/C11H19NO6S/c1-6(2)9(11(14)15)12-10(13)7-3-4-8(5-7)19(16,17)18/h6-9H,3-5H2,1-2H3,(H,12,13)(H,14,15)(H,16,17,18)/t7-,8-,9-/m0/s1. The van der Waals surface area contributed by atoms with Gasteiger partial charge in [-0.2, -0.15) is 8.42 Å². The van der Waals surface area contributed by atoms with Crippen LogP contribution in [0.15, 0.2) is 0 Å². The highest BCUT2D eigenvalue weighted by atomic mass is 32.2. The maximum atomic E-state index is 11.9. The quantitative estimate of drug-likeness (QED) is 0.626. The molecule has 1 aliphatic carbocycles. The van der Waals surface area contributed by atoms with Gasteiger partial charge in [0.2, 0.25) is 5.91 Å². The number of nitrogens with one attached hydrogen (secondary N) is 1. The van der Waals surface area contributed by atoms with Gasteiger partial charge in [0.25, 0.3) is 10.1 Å². The van der Waals surface area contributed by atoms with Gasteiger partial charge in [0, 0.05) is 5.92 Å². The minimum atomic E-state index is -4.13. The van der Waals surface area contributed by atoms with Crippen molar-refractivity contribution in [2.75, 3.05) is 0 Å². The molecule has 1 rings (SSSR count). The molecule has 0 aromatic rings. The molecule has 0 unspecified atom stereocenters. The van der Waals surface area contributed by atoms with Crippen molar-refractivity contribution in [2.24, 2.45) is 11.8 Å². The van der Waals surface area contributed by atoms with E-state index < -0.39 is 39.2 Å². The van der Waals surface area contributed by atoms with Crippen LogP contribution in [-0.4, -0.2) is 41.2 Å². The number of carboxylic acid groups (broad SMARTS) is 1. The molecule has 0 saturated heterocycles. The van der Waals surface area contributed by atoms with E-state index in [0.29, 0.717) is 6.42 Å². The Morgan fingerprint density at radius 1 is 1.26 bits per heavy atom. The Balaban J connectivity index is 2.63. The van der Waals surface area contributed by atoms with Crippen molar-refractivity contribution in [1.82, 2.24) is 5.32 Å². The summed E-state index contributed by atoms with van der Waals surface area (Å²) in [5.41, 5.74) is 0. The molecule has 8 heteroatoms. The first-order valence-corrected chi connectivity index (χ1v) is 7.62. The molecule has 0 bridgehead atoms. The zero-order chi connectivity index (χ0) is 14.8. The van der Waals surface area contributed by atoms with Gasteiger partial charge in [-0.05, 0) is 25.2 Å². The summed E-state index contributed by atoms with van der Waals surface area (Å²) >= 11 is 0. The third-order valence-electron chi connectivity index (χ3n) is 3.41. The number of carboxylic acids is 1. The lowest BCUT2D eigenvalue weighted by molar-refractivity contribution is -0.143. The van der Waals surface area contributed by atoms with Gasteiger partial charge in [-0.15, -0.1) is 0 Å². The Kier molecular flexibility index (Phi) is 4.92. The predicted molar refractivity (Wildman–Crippen MR) is 67.1 cm³/mol. The molecular formula is C11H19NO6S. The van der Waals surface area contributed by atoms with Gasteiger partial charge in [-0.3, -0.25) is 9.35 Å². The first-order chi connectivity index (χ1) is 8.62. The van der Waals surface area contributed by atoms with Gasteiger partial charge < -0.3 is 10.4 Å². The van der Waals surface area contributed by atoms with Crippen molar-refractivity contribution >= 4 is 22.0 Å². The van der Waals surface area contributed by atoms with Crippen LogP contribution in [0.3, 0.4) is 0 Å². The highest BCUT2D eigenvalue weighted by Gasteiger charge is 2.37. The van der Waals surface area contributed by atoms with Crippen molar-refractivity contribution in [3.8, 4) is 0 Å². The van der Waals surface area contributed by atoms with Crippen LogP contribution < -0.4 is 5.32 Å². The van der Waals surface area contributed by atoms with Crippen LogP contribution in [-0.2, 0) is 19.7 Å². The van der Waals surface area contributed by atoms with Gasteiger partial charge in [0.1, 0.15) is 6.04 Å². The summed E-state index contributed by atoms with van der Waals surface area (Å²) in [4.78, 5) is 22.9. The fraction of sp³-hybridized carbons (Fsp3) is 0.818. The number of aliphatic carboxylic acids is 1. The number of amides is 1. The van der Waals surface area contributed by atoms with Crippen molar-refractivity contribution in [3.63, 3.8) is 0 Å². The normalized spacial score (nSPS) is 25.3. The summed E-state index contributed by atoms with van der Waals surface area (Å²) in [5.74, 6) is -2.41. The summed E-state index contributed by atoms with van der Waals surface area (Å²) in [6.07, 6.45) is 0.589. The maximum absolute atomic E-state index is 11.9. The Bertz CT molecular complexity index is 458. The van der Waals surface area contributed by atoms with Crippen molar-refractivity contribution < 1.29 is 27.7 Å². The van der Waals surface area contributed by atoms with Crippen LogP contribution in [0.1, 0.15) is 33.1 Å². The maximum Gasteiger partial charge on any atom is 0.326 e. The van der Waals surface area contributed by atoms with Crippen molar-refractivity contribution in [2.45, 2.75) is 44.4 Å². The van der Waals surface area contributed by atoms with Crippen molar-refractivity contribution in [3.05, 3.63) is 0 Å². The molecule has 0 aliphatic heterocycles. The Morgan fingerprint density at radius 2 is 1.84 bits per heavy atom. The molecule has 7 nitrogen and oxygen atoms in total. The number of rotatable bonds is 5. The molecule has 0 aromatic heterocycles. The van der Waals surface area contributed by atoms with Gasteiger partial charge in [0.05, 0.1) is 5.25 Å². The van der Waals surface area contributed by atoms with Crippen LogP contribution >= 0.6 is 0 Å². The number of carbonyl (C=O) groups is 2. The van der Waals surface area contributed by atoms with Gasteiger partial charge >= 0.3 is 5.97 Å². The predicted octanol–water partition coefficient (Wildman–Crippen LogP) is 0.268. The zero-order valence-electron chi connectivity index (χ0n) is 10.9. The summed E-state index contributed by atoms with van der Waals surface area (Å²) < 4.78 is 30.9. The van der Waals surface area contributed by atoms with E-state index in [2.05, 4.69) is 5.32 Å². The van der Waals surface area contributed by atoms with E-state index in [9.17, 15) is 18.0 Å². The second-order valence-electron chi connectivity index (χ2n) is 5.22. The van der Waals surface area contributed by atoms with Gasteiger partial charge in [-0.1, -0.05) is 13.8 Å². The molecule has 1 fully saturated rings. The van der Waals surface area contributed by atoms with E-state index in [1.807, 2.05) is 0 Å². The van der Waals surface area contributed by atoms with E-state index in [1.54, 1.807) is 13.8 Å². The largest absolute Gasteiger partial charge is 0.480 e.